The Bertz CT molecular complexity index is 1970. The third-order valence-corrected chi connectivity index (χ3v) is 11.2. The lowest BCUT2D eigenvalue weighted by Gasteiger charge is -2.36. The van der Waals surface area contributed by atoms with Crippen LogP contribution in [0.5, 0.6) is 0 Å². The Balaban J connectivity index is 1.24. The lowest BCUT2D eigenvalue weighted by molar-refractivity contribution is -0.140. The van der Waals surface area contributed by atoms with Crippen molar-refractivity contribution in [2.75, 3.05) is 12.3 Å². The minimum absolute atomic E-state index is 0.157. The van der Waals surface area contributed by atoms with Gasteiger partial charge in [0.15, 0.2) is 0 Å². The molecule has 3 atom stereocenters. The number of para-hydroxylation sites is 1. The molecule has 5 aromatic rings. The minimum atomic E-state index is -1.04. The van der Waals surface area contributed by atoms with E-state index in [2.05, 4.69) is 52.0 Å². The number of primary amides is 1. The zero-order chi connectivity index (χ0) is 38.3. The molecule has 4 amide bonds. The van der Waals surface area contributed by atoms with E-state index >= 15 is 0 Å². The van der Waals surface area contributed by atoms with Gasteiger partial charge in [-0.05, 0) is 61.9 Å². The number of nitrogens with zero attached hydrogens (tertiary/aromatic N) is 1. The van der Waals surface area contributed by atoms with Crippen LogP contribution in [-0.4, -0.2) is 69.7 Å². The van der Waals surface area contributed by atoms with Crippen LogP contribution < -0.4 is 16.4 Å². The molecule has 10 nitrogen and oxygen atoms in total. The van der Waals surface area contributed by atoms with Crippen LogP contribution in [0.25, 0.3) is 10.9 Å². The highest BCUT2D eigenvalue weighted by atomic mass is 32.2. The van der Waals surface area contributed by atoms with Gasteiger partial charge in [-0.1, -0.05) is 109 Å². The summed E-state index contributed by atoms with van der Waals surface area (Å²) in [6.45, 7) is 5.56. The van der Waals surface area contributed by atoms with Crippen molar-refractivity contribution in [1.29, 1.82) is 0 Å². The number of thioether (sulfide) groups is 1. The number of alkyl carbamates (subject to hydrolysis) is 1. The molecule has 11 heteroatoms. The van der Waals surface area contributed by atoms with E-state index in [0.29, 0.717) is 19.4 Å². The average Bonchev–Trinajstić information content (AvgIpc) is 3.82. The molecule has 54 heavy (non-hydrogen) atoms. The van der Waals surface area contributed by atoms with Crippen LogP contribution in [0.3, 0.4) is 0 Å². The number of H-pyrrole nitrogens is 1. The topological polar surface area (TPSA) is 147 Å². The fourth-order valence-corrected chi connectivity index (χ4v) is 8.69. The van der Waals surface area contributed by atoms with Gasteiger partial charge in [-0.2, -0.15) is 0 Å². The van der Waals surface area contributed by atoms with Gasteiger partial charge in [-0.15, -0.1) is 11.8 Å². The zero-order valence-electron chi connectivity index (χ0n) is 30.8. The molecule has 5 N–H and O–H groups in total. The number of likely N-dealkylation sites (tertiary alicyclic amines) is 1. The number of benzene rings is 4. The summed E-state index contributed by atoms with van der Waals surface area (Å²) in [5, 5.41) is 6.61. The van der Waals surface area contributed by atoms with Crippen LogP contribution in [0.1, 0.15) is 55.9 Å². The molecular weight excluding hydrogens is 699 g/mol. The predicted octanol–water partition coefficient (Wildman–Crippen LogP) is 6.29. The van der Waals surface area contributed by atoms with Crippen molar-refractivity contribution < 1.29 is 23.9 Å². The van der Waals surface area contributed by atoms with E-state index in [-0.39, 0.29) is 12.2 Å². The minimum Gasteiger partial charge on any atom is -0.444 e. The Kier molecular flexibility index (Phi) is 11.8. The normalized spacial score (nSPS) is 15.7. The number of carbonyl (C=O) groups is 4. The number of nitrogens with two attached hydrogens (primary N) is 1. The monoisotopic (exact) mass is 745 g/mol. The fourth-order valence-electron chi connectivity index (χ4n) is 7.11. The van der Waals surface area contributed by atoms with Crippen molar-refractivity contribution in [3.8, 4) is 0 Å². The molecule has 0 saturated carbocycles. The predicted molar refractivity (Wildman–Crippen MR) is 213 cm³/mol. The maximum absolute atomic E-state index is 14.3. The van der Waals surface area contributed by atoms with Crippen molar-refractivity contribution >= 4 is 46.5 Å². The summed E-state index contributed by atoms with van der Waals surface area (Å²) in [5.74, 6) is -1.41. The van der Waals surface area contributed by atoms with Gasteiger partial charge < -0.3 is 31.0 Å². The number of carbonyl (C=O) groups excluding carboxylic acids is 4. The first-order valence-electron chi connectivity index (χ1n) is 18.2. The van der Waals surface area contributed by atoms with Crippen LogP contribution in [0, 0.1) is 0 Å². The number of fused-ring (bicyclic) bond motifs is 1. The van der Waals surface area contributed by atoms with Crippen molar-refractivity contribution in [1.82, 2.24) is 20.5 Å². The number of ether oxygens (including phenoxy) is 1. The van der Waals surface area contributed by atoms with E-state index in [4.69, 9.17) is 10.5 Å². The van der Waals surface area contributed by atoms with Crippen LogP contribution in [0.15, 0.2) is 121 Å². The Morgan fingerprint density at radius 2 is 1.37 bits per heavy atom. The molecule has 4 aromatic carbocycles. The van der Waals surface area contributed by atoms with Gasteiger partial charge in [-0.25, -0.2) is 4.79 Å². The third-order valence-electron chi connectivity index (χ3n) is 9.59. The molecule has 6 rings (SSSR count). The molecule has 0 unspecified atom stereocenters. The summed E-state index contributed by atoms with van der Waals surface area (Å²) in [4.78, 5) is 59.3. The lowest BCUT2D eigenvalue weighted by Crippen LogP contribution is -2.57. The highest BCUT2D eigenvalue weighted by Crippen LogP contribution is 2.48. The number of amides is 4. The van der Waals surface area contributed by atoms with Gasteiger partial charge >= 0.3 is 6.09 Å². The SMILES string of the molecule is CC(C)(C)OC(=O)N[C@@H](Cc1c[nH]c2ccccc12)C(=O)N1CCC[C@H]1C(=O)N[C@@H](CSC(c1ccccc1)(c1ccccc1)c1ccccc1)C(N)=O. The fraction of sp³-hybridized carbons (Fsp3) is 0.302. The van der Waals surface area contributed by atoms with Crippen molar-refractivity contribution in [3.63, 3.8) is 0 Å². The molecule has 1 aromatic heterocycles. The van der Waals surface area contributed by atoms with Gasteiger partial charge in [0.25, 0.3) is 0 Å². The van der Waals surface area contributed by atoms with Crippen molar-refractivity contribution in [2.24, 2.45) is 5.73 Å². The summed E-state index contributed by atoms with van der Waals surface area (Å²) < 4.78 is 4.79. The molecule has 0 spiro atoms. The highest BCUT2D eigenvalue weighted by molar-refractivity contribution is 8.00. The Morgan fingerprint density at radius 3 is 1.93 bits per heavy atom. The first kappa shape index (κ1) is 38.2. The number of rotatable bonds is 13. The van der Waals surface area contributed by atoms with E-state index in [1.165, 1.54) is 16.7 Å². The van der Waals surface area contributed by atoms with Gasteiger partial charge in [-0.3, -0.25) is 14.4 Å². The number of hydrogen-bond acceptors (Lipinski definition) is 6. The van der Waals surface area contributed by atoms with Crippen LogP contribution in [-0.2, 0) is 30.3 Å². The number of aromatic amines is 1. The Labute approximate surface area is 320 Å². The smallest absolute Gasteiger partial charge is 0.408 e. The average molecular weight is 746 g/mol. The summed E-state index contributed by atoms with van der Waals surface area (Å²) in [7, 11) is 0. The van der Waals surface area contributed by atoms with Crippen molar-refractivity contribution in [3.05, 3.63) is 144 Å². The van der Waals surface area contributed by atoms with E-state index in [0.717, 1.165) is 33.2 Å². The Hall–Kier alpha value is -5.55. The molecule has 1 aliphatic rings. The van der Waals surface area contributed by atoms with Crippen molar-refractivity contribution in [2.45, 2.75) is 68.5 Å². The van der Waals surface area contributed by atoms with E-state index in [9.17, 15) is 19.2 Å². The quantitative estimate of drug-likeness (QED) is 0.104. The summed E-state index contributed by atoms with van der Waals surface area (Å²) in [6, 6.07) is 35.0. The third kappa shape index (κ3) is 8.63. The van der Waals surface area contributed by atoms with Gasteiger partial charge in [0.05, 0.1) is 4.75 Å². The van der Waals surface area contributed by atoms with E-state index < -0.39 is 52.3 Å². The van der Waals surface area contributed by atoms with Crippen LogP contribution >= 0.6 is 11.8 Å². The summed E-state index contributed by atoms with van der Waals surface area (Å²) >= 11 is 1.51. The highest BCUT2D eigenvalue weighted by Gasteiger charge is 2.41. The summed E-state index contributed by atoms with van der Waals surface area (Å²) in [6.07, 6.45) is 2.24. The second-order valence-corrected chi connectivity index (χ2v) is 15.7. The molecule has 280 valence electrons. The molecule has 0 aliphatic carbocycles. The Morgan fingerprint density at radius 1 is 0.815 bits per heavy atom. The molecule has 1 aliphatic heterocycles. The first-order valence-corrected chi connectivity index (χ1v) is 19.2. The van der Waals surface area contributed by atoms with Crippen LogP contribution in [0.4, 0.5) is 4.79 Å². The van der Waals surface area contributed by atoms with Gasteiger partial charge in [0.1, 0.15) is 23.7 Å². The number of nitrogens with one attached hydrogen (secondary N) is 3. The molecule has 1 saturated heterocycles. The number of aromatic nitrogens is 1. The first-order chi connectivity index (χ1) is 26.0. The molecule has 1 fully saturated rings. The largest absolute Gasteiger partial charge is 0.444 e. The maximum atomic E-state index is 14.3. The van der Waals surface area contributed by atoms with Crippen LogP contribution in [0.2, 0.25) is 0 Å². The van der Waals surface area contributed by atoms with Gasteiger partial charge in [0, 0.05) is 35.8 Å². The second kappa shape index (κ2) is 16.6. The molecular formula is C43H47N5O5S. The maximum Gasteiger partial charge on any atom is 0.408 e. The zero-order valence-corrected chi connectivity index (χ0v) is 31.6. The standard InChI is InChI=1S/C43H47N5O5S/c1-42(2,3)53-41(52)47-35(26-29-27-45-34-23-14-13-22-33(29)34)40(51)48-25-15-24-37(48)39(50)46-36(38(44)49)28-54-43(30-16-7-4-8-17-30,31-18-9-5-10-19-31)32-20-11-6-12-21-32/h4-14,16-23,27,35-37,45H,15,24-26,28H2,1-3H3,(H2,44,49)(H,46,50)(H,47,52)/t35-,36-,37-/m0/s1. The summed E-state index contributed by atoms with van der Waals surface area (Å²) in [5.41, 5.74) is 9.97. The molecule has 0 bridgehead atoms. The number of hydrogen-bond donors (Lipinski definition) is 4. The second-order valence-electron chi connectivity index (χ2n) is 14.5. The lowest BCUT2D eigenvalue weighted by atomic mass is 9.84. The van der Waals surface area contributed by atoms with E-state index in [1.54, 1.807) is 20.8 Å². The molecule has 0 radical (unpaired) electrons. The molecule has 2 heterocycles. The van der Waals surface area contributed by atoms with Gasteiger partial charge in [0.2, 0.25) is 17.7 Å². The van der Waals surface area contributed by atoms with E-state index in [1.807, 2.05) is 85.1 Å².